The van der Waals surface area contributed by atoms with Crippen LogP contribution in [0.25, 0.3) is 0 Å². The van der Waals surface area contributed by atoms with E-state index in [-0.39, 0.29) is 0 Å². The predicted molar refractivity (Wildman–Crippen MR) is 53.6 cm³/mol. The molecule has 1 rings (SSSR count). The van der Waals surface area contributed by atoms with E-state index in [9.17, 15) is 0 Å². The van der Waals surface area contributed by atoms with Crippen LogP contribution in [0.5, 0.6) is 0 Å². The molecule has 66 valence electrons. The largest absolute Gasteiger partial charge is 0.388 e. The van der Waals surface area contributed by atoms with Gasteiger partial charge in [-0.3, -0.25) is 0 Å². The summed E-state index contributed by atoms with van der Waals surface area (Å²) in [7, 11) is 3.92. The quantitative estimate of drug-likeness (QED) is 0.704. The Kier molecular flexibility index (Phi) is 3.61. The van der Waals surface area contributed by atoms with Crippen LogP contribution in [0.3, 0.4) is 0 Å². The van der Waals surface area contributed by atoms with Gasteiger partial charge in [-0.15, -0.1) is 0 Å². The Morgan fingerprint density at radius 2 is 2.08 bits per heavy atom. The van der Waals surface area contributed by atoms with Gasteiger partial charge in [-0.2, -0.15) is 0 Å². The second-order valence-electron chi connectivity index (χ2n) is 2.80. The molecular weight excluding hydrogens is 148 g/mol. The van der Waals surface area contributed by atoms with Gasteiger partial charge in [0.25, 0.3) is 0 Å². The van der Waals surface area contributed by atoms with E-state index in [4.69, 9.17) is 0 Å². The lowest BCUT2D eigenvalue weighted by Crippen LogP contribution is -2.10. The van der Waals surface area contributed by atoms with Gasteiger partial charge in [-0.05, 0) is 37.7 Å². The fourth-order valence-electron chi connectivity index (χ4n) is 1.15. The van der Waals surface area contributed by atoms with E-state index in [1.165, 1.54) is 11.3 Å². The number of rotatable bonds is 4. The molecule has 2 N–H and O–H groups in total. The zero-order valence-electron chi connectivity index (χ0n) is 7.72. The summed E-state index contributed by atoms with van der Waals surface area (Å²) < 4.78 is 0. The third-order valence-electron chi connectivity index (χ3n) is 1.88. The van der Waals surface area contributed by atoms with Crippen molar-refractivity contribution in [3.05, 3.63) is 29.8 Å². The smallest absolute Gasteiger partial charge is 0.0340 e. The maximum absolute atomic E-state index is 3.13. The van der Waals surface area contributed by atoms with Crippen molar-refractivity contribution in [2.24, 2.45) is 0 Å². The van der Waals surface area contributed by atoms with E-state index in [0.717, 1.165) is 13.0 Å². The van der Waals surface area contributed by atoms with Crippen molar-refractivity contribution >= 4 is 5.69 Å². The minimum Gasteiger partial charge on any atom is -0.388 e. The number of nitrogens with one attached hydrogen (secondary N) is 2. The summed E-state index contributed by atoms with van der Waals surface area (Å²) in [5.74, 6) is 0. The standard InChI is InChI=1S/C10H16N2/c1-11-7-6-9-4-3-5-10(8-9)12-2/h3-5,8,11-12H,6-7H2,1-2H3. The summed E-state index contributed by atoms with van der Waals surface area (Å²) in [4.78, 5) is 0. The van der Waals surface area contributed by atoms with Crippen molar-refractivity contribution in [3.8, 4) is 0 Å². The Bertz CT molecular complexity index is 233. The van der Waals surface area contributed by atoms with E-state index in [1.54, 1.807) is 0 Å². The Labute approximate surface area is 74.0 Å². The molecule has 2 nitrogen and oxygen atoms in total. The Morgan fingerprint density at radius 3 is 2.75 bits per heavy atom. The van der Waals surface area contributed by atoms with Crippen LogP contribution in [0.2, 0.25) is 0 Å². The highest BCUT2D eigenvalue weighted by atomic mass is 14.8. The number of likely N-dealkylation sites (N-methyl/N-ethyl adjacent to an activating group) is 1. The van der Waals surface area contributed by atoms with Crippen molar-refractivity contribution in [1.29, 1.82) is 0 Å². The molecule has 0 amide bonds. The summed E-state index contributed by atoms with van der Waals surface area (Å²) in [6.45, 7) is 1.03. The highest BCUT2D eigenvalue weighted by Gasteiger charge is 1.92. The third-order valence-corrected chi connectivity index (χ3v) is 1.88. The second-order valence-corrected chi connectivity index (χ2v) is 2.80. The normalized spacial score (nSPS) is 9.83. The zero-order valence-corrected chi connectivity index (χ0v) is 7.72. The third kappa shape index (κ3) is 2.55. The highest BCUT2D eigenvalue weighted by molar-refractivity contribution is 5.45. The van der Waals surface area contributed by atoms with Crippen LogP contribution in [0.15, 0.2) is 24.3 Å². The molecule has 0 aliphatic heterocycles. The van der Waals surface area contributed by atoms with Gasteiger partial charge in [-0.25, -0.2) is 0 Å². The molecule has 0 aliphatic rings. The maximum atomic E-state index is 3.13. The first-order chi connectivity index (χ1) is 5.86. The molecular formula is C10H16N2. The molecule has 1 aromatic carbocycles. The Balaban J connectivity index is 2.60. The number of benzene rings is 1. The SMILES string of the molecule is CNCCc1cccc(NC)c1. The van der Waals surface area contributed by atoms with Gasteiger partial charge in [0.2, 0.25) is 0 Å². The van der Waals surface area contributed by atoms with Crippen LogP contribution in [-0.4, -0.2) is 20.6 Å². The Morgan fingerprint density at radius 1 is 1.25 bits per heavy atom. The van der Waals surface area contributed by atoms with Crippen molar-refractivity contribution < 1.29 is 0 Å². The lowest BCUT2D eigenvalue weighted by atomic mass is 10.1. The van der Waals surface area contributed by atoms with Crippen molar-refractivity contribution in [3.63, 3.8) is 0 Å². The van der Waals surface area contributed by atoms with Gasteiger partial charge in [0.1, 0.15) is 0 Å². The van der Waals surface area contributed by atoms with Gasteiger partial charge in [0.15, 0.2) is 0 Å². The fourth-order valence-corrected chi connectivity index (χ4v) is 1.15. The van der Waals surface area contributed by atoms with Crippen LogP contribution in [0.4, 0.5) is 5.69 Å². The molecule has 0 aromatic heterocycles. The molecule has 0 saturated carbocycles. The van der Waals surface area contributed by atoms with Crippen molar-refractivity contribution in [2.45, 2.75) is 6.42 Å². The maximum Gasteiger partial charge on any atom is 0.0340 e. The molecule has 0 fully saturated rings. The van der Waals surface area contributed by atoms with Gasteiger partial charge in [0, 0.05) is 12.7 Å². The average Bonchev–Trinajstić information content (AvgIpc) is 2.15. The first-order valence-corrected chi connectivity index (χ1v) is 4.28. The fraction of sp³-hybridized carbons (Fsp3) is 0.400. The van der Waals surface area contributed by atoms with Crippen molar-refractivity contribution in [1.82, 2.24) is 5.32 Å². The predicted octanol–water partition coefficient (Wildman–Crippen LogP) is 1.49. The zero-order chi connectivity index (χ0) is 8.81. The van der Waals surface area contributed by atoms with Crippen LogP contribution >= 0.6 is 0 Å². The molecule has 0 unspecified atom stereocenters. The molecule has 0 spiro atoms. The van der Waals surface area contributed by atoms with Gasteiger partial charge in [-0.1, -0.05) is 12.1 Å². The van der Waals surface area contributed by atoms with E-state index >= 15 is 0 Å². The molecule has 0 atom stereocenters. The summed E-state index contributed by atoms with van der Waals surface area (Å²) in [6.07, 6.45) is 1.09. The minimum absolute atomic E-state index is 1.03. The van der Waals surface area contributed by atoms with E-state index < -0.39 is 0 Å². The van der Waals surface area contributed by atoms with Gasteiger partial charge < -0.3 is 10.6 Å². The summed E-state index contributed by atoms with van der Waals surface area (Å²) >= 11 is 0. The summed E-state index contributed by atoms with van der Waals surface area (Å²) in [5.41, 5.74) is 2.56. The highest BCUT2D eigenvalue weighted by Crippen LogP contribution is 2.09. The minimum atomic E-state index is 1.03. The summed E-state index contributed by atoms with van der Waals surface area (Å²) in [5, 5.41) is 6.26. The second kappa shape index (κ2) is 4.78. The number of hydrogen-bond acceptors (Lipinski definition) is 2. The molecule has 0 aliphatic carbocycles. The average molecular weight is 164 g/mol. The lowest BCUT2D eigenvalue weighted by Gasteiger charge is -2.03. The molecule has 2 heteroatoms. The van der Waals surface area contributed by atoms with Crippen molar-refractivity contribution in [2.75, 3.05) is 26.0 Å². The molecule has 12 heavy (non-hydrogen) atoms. The van der Waals surface area contributed by atoms with Crippen LogP contribution < -0.4 is 10.6 Å². The monoisotopic (exact) mass is 164 g/mol. The van der Waals surface area contributed by atoms with Gasteiger partial charge in [0.05, 0.1) is 0 Å². The van der Waals surface area contributed by atoms with Crippen LogP contribution in [0.1, 0.15) is 5.56 Å². The number of hydrogen-bond donors (Lipinski definition) is 2. The Hall–Kier alpha value is -1.02. The number of anilines is 1. The molecule has 0 radical (unpaired) electrons. The molecule has 0 heterocycles. The molecule has 0 bridgehead atoms. The first-order valence-electron chi connectivity index (χ1n) is 4.28. The molecule has 1 aromatic rings. The van der Waals surface area contributed by atoms with E-state index in [0.29, 0.717) is 0 Å². The topological polar surface area (TPSA) is 24.1 Å². The lowest BCUT2D eigenvalue weighted by molar-refractivity contribution is 0.792. The van der Waals surface area contributed by atoms with E-state index in [2.05, 4.69) is 34.9 Å². The summed E-state index contributed by atoms with van der Waals surface area (Å²) in [6, 6.07) is 8.48. The first kappa shape index (κ1) is 9.07. The van der Waals surface area contributed by atoms with Crippen LogP contribution in [-0.2, 0) is 6.42 Å². The van der Waals surface area contributed by atoms with Gasteiger partial charge >= 0.3 is 0 Å². The molecule has 0 saturated heterocycles. The van der Waals surface area contributed by atoms with E-state index in [1.807, 2.05) is 14.1 Å². The van der Waals surface area contributed by atoms with Crippen LogP contribution in [0, 0.1) is 0 Å².